The Kier molecular flexibility index (Phi) is 6.28. The smallest absolute Gasteiger partial charge is 0.410 e. The van der Waals surface area contributed by atoms with Crippen LogP contribution in [0.4, 0.5) is 10.6 Å². The largest absolute Gasteiger partial charge is 0.485 e. The number of rotatable bonds is 3. The molecule has 0 radical (unpaired) electrons. The van der Waals surface area contributed by atoms with Crippen molar-refractivity contribution in [2.24, 2.45) is 5.92 Å². The van der Waals surface area contributed by atoms with Gasteiger partial charge in [-0.25, -0.2) is 18.2 Å². The highest BCUT2D eigenvalue weighted by atomic mass is 32.2. The second kappa shape index (κ2) is 8.61. The summed E-state index contributed by atoms with van der Waals surface area (Å²) in [6.45, 7) is 11.4. The van der Waals surface area contributed by atoms with Crippen LogP contribution < -0.4 is 9.64 Å². The van der Waals surface area contributed by atoms with E-state index in [1.807, 2.05) is 20.8 Å². The topological polar surface area (TPSA) is 92.3 Å². The summed E-state index contributed by atoms with van der Waals surface area (Å²) in [4.78, 5) is 20.9. The van der Waals surface area contributed by atoms with Crippen LogP contribution in [0.25, 0.3) is 0 Å². The second-order valence-corrected chi connectivity index (χ2v) is 12.6. The molecule has 1 amide bonds. The van der Waals surface area contributed by atoms with E-state index in [0.29, 0.717) is 45.2 Å². The molecule has 1 aromatic rings. The maximum atomic E-state index is 12.4. The van der Waals surface area contributed by atoms with Crippen molar-refractivity contribution in [3.8, 4) is 5.75 Å². The normalized spacial score (nSPS) is 25.0. The number of hydrogen-bond donors (Lipinski definition) is 0. The number of hydrogen-bond acceptors (Lipinski definition) is 7. The molecule has 3 aliphatic rings. The summed E-state index contributed by atoms with van der Waals surface area (Å²) in [6.07, 6.45) is 5.36. The SMILES string of the molecule is CC(C)(C)OC(=O)N1CCC(C2(C)Cc3cc(N4CCN(S(C)(=O)=O)CC4)ncc3O2)CC1. The van der Waals surface area contributed by atoms with Crippen molar-refractivity contribution in [3.05, 3.63) is 17.8 Å². The molecule has 1 aromatic heterocycles. The first-order valence-electron chi connectivity index (χ1n) is 11.7. The van der Waals surface area contributed by atoms with Crippen molar-refractivity contribution in [3.63, 3.8) is 0 Å². The Morgan fingerprint density at radius 3 is 2.36 bits per heavy atom. The fraction of sp³-hybridized carbons (Fsp3) is 0.739. The van der Waals surface area contributed by atoms with E-state index >= 15 is 0 Å². The molecule has 0 aromatic carbocycles. The molecule has 0 bridgehead atoms. The van der Waals surface area contributed by atoms with Gasteiger partial charge in [0.15, 0.2) is 0 Å². The van der Waals surface area contributed by atoms with Gasteiger partial charge in [0, 0.05) is 57.2 Å². The second-order valence-electron chi connectivity index (χ2n) is 10.6. The van der Waals surface area contributed by atoms with Gasteiger partial charge in [-0.15, -0.1) is 0 Å². The summed E-state index contributed by atoms with van der Waals surface area (Å²) in [5, 5.41) is 0. The highest BCUT2D eigenvalue weighted by molar-refractivity contribution is 7.88. The van der Waals surface area contributed by atoms with E-state index in [0.717, 1.165) is 36.4 Å². The predicted octanol–water partition coefficient (Wildman–Crippen LogP) is 2.50. The minimum absolute atomic E-state index is 0.244. The summed E-state index contributed by atoms with van der Waals surface area (Å²) in [6, 6.07) is 2.09. The lowest BCUT2D eigenvalue weighted by atomic mass is 9.79. The third kappa shape index (κ3) is 5.37. The predicted molar refractivity (Wildman–Crippen MR) is 126 cm³/mol. The van der Waals surface area contributed by atoms with Crippen molar-refractivity contribution < 1.29 is 22.7 Å². The first-order chi connectivity index (χ1) is 15.3. The summed E-state index contributed by atoms with van der Waals surface area (Å²) in [7, 11) is -3.15. The minimum Gasteiger partial charge on any atom is -0.485 e. The van der Waals surface area contributed by atoms with Crippen LogP contribution in [0.2, 0.25) is 0 Å². The number of fused-ring (bicyclic) bond motifs is 1. The molecule has 3 aliphatic heterocycles. The fourth-order valence-corrected chi connectivity index (χ4v) is 5.84. The van der Waals surface area contributed by atoms with E-state index in [4.69, 9.17) is 9.47 Å². The van der Waals surface area contributed by atoms with Crippen LogP contribution in [0.15, 0.2) is 12.3 Å². The standard InChI is InChI=1S/C23H36N4O5S/c1-22(2,3)32-21(28)26-8-6-18(7-9-26)23(4)15-17-14-20(24-16-19(17)31-23)25-10-12-27(13-11-25)33(5,29)30/h14,16,18H,6-13,15H2,1-5H3. The number of sulfonamides is 1. The van der Waals surface area contributed by atoms with Crippen LogP contribution in [-0.2, 0) is 21.2 Å². The molecule has 2 fully saturated rings. The average Bonchev–Trinajstić information content (AvgIpc) is 3.08. The van der Waals surface area contributed by atoms with E-state index in [1.54, 1.807) is 11.1 Å². The van der Waals surface area contributed by atoms with Gasteiger partial charge >= 0.3 is 6.09 Å². The van der Waals surface area contributed by atoms with Crippen LogP contribution in [0.1, 0.15) is 46.1 Å². The van der Waals surface area contributed by atoms with Gasteiger partial charge in [0.2, 0.25) is 10.0 Å². The lowest BCUT2D eigenvalue weighted by Gasteiger charge is -2.40. The maximum Gasteiger partial charge on any atom is 0.410 e. The zero-order valence-corrected chi connectivity index (χ0v) is 21.2. The average molecular weight is 481 g/mol. The lowest BCUT2D eigenvalue weighted by Crippen LogP contribution is -2.48. The number of piperazine rings is 1. The molecule has 9 nitrogen and oxygen atoms in total. The summed E-state index contributed by atoms with van der Waals surface area (Å²) in [5.74, 6) is 2.03. The highest BCUT2D eigenvalue weighted by Crippen LogP contribution is 2.43. The summed E-state index contributed by atoms with van der Waals surface area (Å²) in [5.41, 5.74) is 0.332. The first-order valence-corrected chi connectivity index (χ1v) is 13.5. The van der Waals surface area contributed by atoms with Crippen LogP contribution in [-0.4, -0.2) is 85.4 Å². The Bertz CT molecular complexity index is 993. The van der Waals surface area contributed by atoms with Gasteiger partial charge in [0.1, 0.15) is 22.8 Å². The van der Waals surface area contributed by atoms with E-state index in [9.17, 15) is 13.2 Å². The number of carbonyl (C=O) groups is 1. The van der Waals surface area contributed by atoms with Gasteiger partial charge in [-0.05, 0) is 46.6 Å². The first kappa shape index (κ1) is 24.1. The number of anilines is 1. The zero-order chi connectivity index (χ0) is 24.0. The molecule has 10 heteroatoms. The lowest BCUT2D eigenvalue weighted by molar-refractivity contribution is -0.00829. The zero-order valence-electron chi connectivity index (χ0n) is 20.3. The Balaban J connectivity index is 1.36. The number of nitrogens with zero attached hydrogens (tertiary/aromatic N) is 4. The van der Waals surface area contributed by atoms with Crippen LogP contribution in [0.3, 0.4) is 0 Å². The van der Waals surface area contributed by atoms with Crippen LogP contribution >= 0.6 is 0 Å². The van der Waals surface area contributed by atoms with Crippen LogP contribution in [0.5, 0.6) is 5.75 Å². The van der Waals surface area contributed by atoms with Crippen molar-refractivity contribution in [2.45, 2.75) is 58.2 Å². The van der Waals surface area contributed by atoms with E-state index in [2.05, 4.69) is 22.9 Å². The van der Waals surface area contributed by atoms with Crippen molar-refractivity contribution in [1.29, 1.82) is 0 Å². The number of amides is 1. The molecule has 0 spiro atoms. The van der Waals surface area contributed by atoms with Crippen molar-refractivity contribution >= 4 is 21.9 Å². The Morgan fingerprint density at radius 1 is 1.15 bits per heavy atom. The van der Waals surface area contributed by atoms with E-state index in [-0.39, 0.29) is 11.7 Å². The molecular weight excluding hydrogens is 444 g/mol. The van der Waals surface area contributed by atoms with Crippen molar-refractivity contribution in [1.82, 2.24) is 14.2 Å². The third-order valence-electron chi connectivity index (χ3n) is 6.86. The molecule has 33 heavy (non-hydrogen) atoms. The molecule has 0 saturated carbocycles. The van der Waals surface area contributed by atoms with E-state index in [1.165, 1.54) is 10.6 Å². The molecule has 0 aliphatic carbocycles. The monoisotopic (exact) mass is 480 g/mol. The van der Waals surface area contributed by atoms with Gasteiger partial charge in [0.05, 0.1) is 12.5 Å². The van der Waals surface area contributed by atoms with Gasteiger partial charge in [0.25, 0.3) is 0 Å². The summed E-state index contributed by atoms with van der Waals surface area (Å²) < 4.78 is 37.0. The molecule has 2 saturated heterocycles. The Morgan fingerprint density at radius 2 is 1.79 bits per heavy atom. The van der Waals surface area contributed by atoms with Crippen molar-refractivity contribution in [2.75, 3.05) is 50.4 Å². The third-order valence-corrected chi connectivity index (χ3v) is 8.16. The number of ether oxygens (including phenoxy) is 2. The molecule has 4 heterocycles. The number of likely N-dealkylation sites (tertiary alicyclic amines) is 1. The van der Waals surface area contributed by atoms with Gasteiger partial charge in [-0.2, -0.15) is 4.31 Å². The Labute approximate surface area is 197 Å². The Hall–Kier alpha value is -2.07. The maximum absolute atomic E-state index is 12.4. The molecule has 1 unspecified atom stereocenters. The number of pyridine rings is 1. The number of piperidine rings is 1. The molecular formula is C23H36N4O5S. The van der Waals surface area contributed by atoms with Crippen LogP contribution in [0, 0.1) is 5.92 Å². The quantitative estimate of drug-likeness (QED) is 0.656. The number of aromatic nitrogens is 1. The minimum atomic E-state index is -3.15. The molecule has 4 rings (SSSR count). The van der Waals surface area contributed by atoms with E-state index < -0.39 is 15.6 Å². The summed E-state index contributed by atoms with van der Waals surface area (Å²) >= 11 is 0. The molecule has 0 N–H and O–H groups in total. The van der Waals surface area contributed by atoms with Gasteiger partial charge < -0.3 is 19.3 Å². The molecule has 1 atom stereocenters. The molecule has 184 valence electrons. The fourth-order valence-electron chi connectivity index (χ4n) is 5.02. The van der Waals surface area contributed by atoms with Gasteiger partial charge in [-0.1, -0.05) is 0 Å². The number of carbonyl (C=O) groups excluding carboxylic acids is 1. The van der Waals surface area contributed by atoms with Gasteiger partial charge in [-0.3, -0.25) is 0 Å². The highest BCUT2D eigenvalue weighted by Gasteiger charge is 2.44.